The normalized spacial score (nSPS) is 14.7. The van der Waals surface area contributed by atoms with E-state index in [2.05, 4.69) is 58.5 Å². The van der Waals surface area contributed by atoms with Crippen LogP contribution in [0.4, 0.5) is 0 Å². The number of hydrogen-bond donors (Lipinski definition) is 1. The maximum Gasteiger partial charge on any atom is 0.216 e. The first-order chi connectivity index (χ1) is 12.2. The lowest BCUT2D eigenvalue weighted by molar-refractivity contribution is 0.434. The molecule has 0 amide bonds. The van der Waals surface area contributed by atoms with E-state index < -0.39 is 0 Å². The molecular formula is C20H27IN4O. The van der Waals surface area contributed by atoms with E-state index in [4.69, 9.17) is 9.41 Å². The topological polar surface area (TPSA) is 53.7 Å². The molecule has 6 heteroatoms. The van der Waals surface area contributed by atoms with E-state index in [-0.39, 0.29) is 24.0 Å². The zero-order chi connectivity index (χ0) is 17.6. The Balaban J connectivity index is 0.00000243. The zero-order valence-corrected chi connectivity index (χ0v) is 18.0. The highest BCUT2D eigenvalue weighted by Crippen LogP contribution is 2.22. The third-order valence-electron chi connectivity index (χ3n) is 4.43. The summed E-state index contributed by atoms with van der Waals surface area (Å²) in [5.41, 5.74) is 3.66. The van der Waals surface area contributed by atoms with E-state index in [0.717, 1.165) is 43.5 Å². The number of aliphatic imine (C=N–C) groups is 1. The van der Waals surface area contributed by atoms with E-state index in [9.17, 15) is 0 Å². The maximum atomic E-state index is 5.63. The van der Waals surface area contributed by atoms with Crippen molar-refractivity contribution in [1.29, 1.82) is 0 Å². The number of hydrogen-bond acceptors (Lipinski definition) is 3. The predicted molar refractivity (Wildman–Crippen MR) is 117 cm³/mol. The lowest BCUT2D eigenvalue weighted by atomic mass is 10.00. The van der Waals surface area contributed by atoms with Gasteiger partial charge in [0.05, 0.1) is 5.69 Å². The van der Waals surface area contributed by atoms with Gasteiger partial charge < -0.3 is 14.6 Å². The smallest absolute Gasteiger partial charge is 0.216 e. The molecule has 0 bridgehead atoms. The molecule has 0 radical (unpaired) electrons. The average molecular weight is 466 g/mol. The van der Waals surface area contributed by atoms with E-state index in [1.807, 2.05) is 13.8 Å². The molecule has 1 aromatic carbocycles. The fraction of sp³-hybridized carbons (Fsp3) is 0.400. The third kappa shape index (κ3) is 5.09. The first-order valence-corrected chi connectivity index (χ1v) is 8.88. The number of rotatable bonds is 4. The molecule has 0 spiro atoms. The molecule has 0 unspecified atom stereocenters. The van der Waals surface area contributed by atoms with Crippen LogP contribution in [0.5, 0.6) is 0 Å². The van der Waals surface area contributed by atoms with Crippen molar-refractivity contribution in [3.05, 3.63) is 59.3 Å². The summed E-state index contributed by atoms with van der Waals surface area (Å²) in [6.45, 7) is 9.09. The number of aryl methyl sites for hydroxylation is 2. The molecule has 1 aliphatic heterocycles. The van der Waals surface area contributed by atoms with Crippen LogP contribution in [0.3, 0.4) is 0 Å². The van der Waals surface area contributed by atoms with E-state index >= 15 is 0 Å². The summed E-state index contributed by atoms with van der Waals surface area (Å²) in [6.07, 6.45) is 3.32. The molecule has 0 saturated carbocycles. The molecule has 1 aromatic heterocycles. The first-order valence-electron chi connectivity index (χ1n) is 8.88. The van der Waals surface area contributed by atoms with Crippen molar-refractivity contribution < 1.29 is 4.42 Å². The third-order valence-corrected chi connectivity index (χ3v) is 4.43. The molecular weight excluding hydrogens is 439 g/mol. The average Bonchev–Trinajstić information content (AvgIpc) is 2.97. The van der Waals surface area contributed by atoms with Gasteiger partial charge in [-0.1, -0.05) is 36.4 Å². The summed E-state index contributed by atoms with van der Waals surface area (Å²) in [5, 5.41) is 3.38. The number of aromatic nitrogens is 1. The number of benzene rings is 1. The summed E-state index contributed by atoms with van der Waals surface area (Å²) in [6, 6.07) is 10.6. The SMILES string of the molecule is CCNC(=NCc1nc(C)c(C)o1)N1CC=C(c2ccccc2)CC1.I. The van der Waals surface area contributed by atoms with E-state index in [1.54, 1.807) is 0 Å². The number of halogens is 1. The van der Waals surface area contributed by atoms with Crippen LogP contribution in [0.2, 0.25) is 0 Å². The highest BCUT2D eigenvalue weighted by Gasteiger charge is 2.16. The molecule has 0 saturated heterocycles. The Hall–Kier alpha value is -1.83. The molecule has 26 heavy (non-hydrogen) atoms. The molecule has 0 fully saturated rings. The van der Waals surface area contributed by atoms with Gasteiger partial charge in [0.2, 0.25) is 5.89 Å². The summed E-state index contributed by atoms with van der Waals surface area (Å²) in [4.78, 5) is 11.4. The molecule has 3 rings (SSSR count). The first kappa shape index (κ1) is 20.5. The van der Waals surface area contributed by atoms with Crippen molar-refractivity contribution in [2.45, 2.75) is 33.7 Å². The molecule has 2 heterocycles. The van der Waals surface area contributed by atoms with Crippen LogP contribution < -0.4 is 5.32 Å². The second kappa shape index (κ2) is 9.75. The monoisotopic (exact) mass is 466 g/mol. The van der Waals surface area contributed by atoms with Crippen molar-refractivity contribution in [2.75, 3.05) is 19.6 Å². The Morgan fingerprint density at radius 3 is 2.62 bits per heavy atom. The lowest BCUT2D eigenvalue weighted by Gasteiger charge is -2.29. The Bertz CT molecular complexity index is 748. The minimum Gasteiger partial charge on any atom is -0.444 e. The minimum atomic E-state index is 0. The highest BCUT2D eigenvalue weighted by atomic mass is 127. The predicted octanol–water partition coefficient (Wildman–Crippen LogP) is 4.16. The van der Waals surface area contributed by atoms with Crippen LogP contribution in [-0.4, -0.2) is 35.5 Å². The quantitative estimate of drug-likeness (QED) is 0.418. The van der Waals surface area contributed by atoms with Gasteiger partial charge in [0.25, 0.3) is 0 Å². The van der Waals surface area contributed by atoms with Crippen molar-refractivity contribution in [3.63, 3.8) is 0 Å². The van der Waals surface area contributed by atoms with Gasteiger partial charge in [-0.2, -0.15) is 0 Å². The van der Waals surface area contributed by atoms with Crippen LogP contribution >= 0.6 is 24.0 Å². The summed E-state index contributed by atoms with van der Waals surface area (Å²) < 4.78 is 5.63. The van der Waals surface area contributed by atoms with Gasteiger partial charge in [0, 0.05) is 19.6 Å². The minimum absolute atomic E-state index is 0. The lowest BCUT2D eigenvalue weighted by Crippen LogP contribution is -2.43. The van der Waals surface area contributed by atoms with Crippen molar-refractivity contribution >= 4 is 35.5 Å². The van der Waals surface area contributed by atoms with E-state index in [0.29, 0.717) is 12.4 Å². The van der Waals surface area contributed by atoms with Gasteiger partial charge >= 0.3 is 0 Å². The van der Waals surface area contributed by atoms with Crippen LogP contribution in [0.25, 0.3) is 5.57 Å². The van der Waals surface area contributed by atoms with Crippen molar-refractivity contribution in [1.82, 2.24) is 15.2 Å². The number of nitrogens with zero attached hydrogens (tertiary/aromatic N) is 3. The summed E-state index contributed by atoms with van der Waals surface area (Å²) in [5.74, 6) is 2.45. The second-order valence-corrected chi connectivity index (χ2v) is 6.21. The van der Waals surface area contributed by atoms with Crippen molar-refractivity contribution in [3.8, 4) is 0 Å². The number of nitrogens with one attached hydrogen (secondary N) is 1. The Labute approximate surface area is 172 Å². The maximum absolute atomic E-state index is 5.63. The largest absolute Gasteiger partial charge is 0.444 e. The summed E-state index contributed by atoms with van der Waals surface area (Å²) >= 11 is 0. The molecule has 1 aliphatic rings. The standard InChI is InChI=1S/C20H26N4O.HI/c1-4-21-20(22-14-19-23-15(2)16(3)25-19)24-12-10-18(11-13-24)17-8-6-5-7-9-17;/h5-10H,4,11-14H2,1-3H3,(H,21,22);1H. The highest BCUT2D eigenvalue weighted by molar-refractivity contribution is 14.0. The number of guanidine groups is 1. The van der Waals surface area contributed by atoms with Gasteiger partial charge in [0.15, 0.2) is 5.96 Å². The van der Waals surface area contributed by atoms with Crippen LogP contribution in [0, 0.1) is 13.8 Å². The number of oxazole rings is 1. The van der Waals surface area contributed by atoms with Crippen LogP contribution in [0.1, 0.15) is 36.3 Å². The fourth-order valence-electron chi connectivity index (χ4n) is 2.95. The van der Waals surface area contributed by atoms with Crippen molar-refractivity contribution in [2.24, 2.45) is 4.99 Å². The van der Waals surface area contributed by atoms with Gasteiger partial charge in [0.1, 0.15) is 12.3 Å². The molecule has 0 aliphatic carbocycles. The van der Waals surface area contributed by atoms with Gasteiger partial charge in [-0.15, -0.1) is 24.0 Å². The van der Waals surface area contributed by atoms with Crippen LogP contribution in [-0.2, 0) is 6.54 Å². The molecule has 0 atom stereocenters. The van der Waals surface area contributed by atoms with Crippen LogP contribution in [0.15, 0.2) is 45.8 Å². The zero-order valence-electron chi connectivity index (χ0n) is 15.7. The summed E-state index contributed by atoms with van der Waals surface area (Å²) in [7, 11) is 0. The fourth-order valence-corrected chi connectivity index (χ4v) is 2.95. The molecule has 1 N–H and O–H groups in total. The van der Waals surface area contributed by atoms with Gasteiger partial charge in [-0.3, -0.25) is 0 Å². The molecule has 2 aromatic rings. The van der Waals surface area contributed by atoms with E-state index in [1.165, 1.54) is 11.1 Å². The Kier molecular flexibility index (Phi) is 7.68. The van der Waals surface area contributed by atoms with Gasteiger partial charge in [-0.25, -0.2) is 9.98 Å². The molecule has 140 valence electrons. The Morgan fingerprint density at radius 1 is 1.27 bits per heavy atom. The Morgan fingerprint density at radius 2 is 2.04 bits per heavy atom. The second-order valence-electron chi connectivity index (χ2n) is 6.21. The molecule has 5 nitrogen and oxygen atoms in total. The van der Waals surface area contributed by atoms with Gasteiger partial charge in [-0.05, 0) is 38.3 Å².